The lowest BCUT2D eigenvalue weighted by molar-refractivity contribution is -0.113. The van der Waals surface area contributed by atoms with Crippen LogP contribution in [0.15, 0.2) is 66.3 Å². The van der Waals surface area contributed by atoms with Crippen molar-refractivity contribution in [1.82, 2.24) is 14.8 Å². The van der Waals surface area contributed by atoms with Gasteiger partial charge in [0.25, 0.3) is 0 Å². The van der Waals surface area contributed by atoms with Crippen LogP contribution in [0.4, 0.5) is 10.1 Å². The number of rotatable bonds is 9. The molecule has 0 radical (unpaired) electrons. The van der Waals surface area contributed by atoms with Gasteiger partial charge in [0.05, 0.1) is 11.4 Å². The molecule has 2 aromatic carbocycles. The number of hydrogen-bond acceptors (Lipinski definition) is 5. The number of nitrogens with one attached hydrogen (secondary N) is 1. The fraction of sp³-hybridized carbons (Fsp3) is 0.227. The van der Waals surface area contributed by atoms with Crippen LogP contribution in [-0.4, -0.2) is 26.4 Å². The van der Waals surface area contributed by atoms with Crippen molar-refractivity contribution in [2.24, 2.45) is 0 Å². The van der Waals surface area contributed by atoms with Crippen LogP contribution in [0.3, 0.4) is 0 Å². The molecular formula is C22H23FN4O2S. The minimum absolute atomic E-state index is 0.0662. The zero-order valence-corrected chi connectivity index (χ0v) is 17.7. The second-order valence-electron chi connectivity index (χ2n) is 6.63. The number of amides is 1. The summed E-state index contributed by atoms with van der Waals surface area (Å²) in [6.07, 6.45) is 1.39. The number of halogens is 1. The first-order chi connectivity index (χ1) is 14.5. The topological polar surface area (TPSA) is 69.0 Å². The van der Waals surface area contributed by atoms with E-state index in [4.69, 9.17) is 4.74 Å². The van der Waals surface area contributed by atoms with Crippen LogP contribution in [0.25, 0.3) is 0 Å². The molecule has 0 bridgehead atoms. The number of allylic oxidation sites excluding steroid dienone is 1. The Kier molecular flexibility index (Phi) is 7.24. The quantitative estimate of drug-likeness (QED) is 0.394. The van der Waals surface area contributed by atoms with Gasteiger partial charge >= 0.3 is 0 Å². The molecule has 0 aliphatic heterocycles. The van der Waals surface area contributed by atoms with Crippen LogP contribution in [0.5, 0.6) is 5.75 Å². The third-order valence-electron chi connectivity index (χ3n) is 4.20. The highest BCUT2D eigenvalue weighted by Crippen LogP contribution is 2.25. The Balaban J connectivity index is 1.68. The number of aromatic nitrogens is 3. The van der Waals surface area contributed by atoms with Crippen molar-refractivity contribution in [3.8, 4) is 5.75 Å². The van der Waals surface area contributed by atoms with E-state index < -0.39 is 5.82 Å². The Morgan fingerprint density at radius 1 is 1.30 bits per heavy atom. The molecular weight excluding hydrogens is 403 g/mol. The predicted molar refractivity (Wildman–Crippen MR) is 116 cm³/mol. The molecule has 8 heteroatoms. The predicted octanol–water partition coefficient (Wildman–Crippen LogP) is 4.78. The van der Waals surface area contributed by atoms with Crippen LogP contribution in [-0.2, 0) is 11.3 Å². The van der Waals surface area contributed by atoms with Crippen LogP contribution in [0.2, 0.25) is 0 Å². The first kappa shape index (κ1) is 21.6. The third kappa shape index (κ3) is 5.48. The molecule has 3 aromatic rings. The van der Waals surface area contributed by atoms with Gasteiger partial charge in [0.2, 0.25) is 5.91 Å². The molecule has 0 spiro atoms. The molecule has 1 unspecified atom stereocenters. The number of para-hydroxylation sites is 1. The van der Waals surface area contributed by atoms with Crippen molar-refractivity contribution in [2.75, 3.05) is 11.1 Å². The minimum Gasteiger partial charge on any atom is -0.483 e. The number of thioether (sulfide) groups is 1. The maximum Gasteiger partial charge on any atom is 0.234 e. The summed E-state index contributed by atoms with van der Waals surface area (Å²) >= 11 is 1.22. The zero-order chi connectivity index (χ0) is 21.5. The van der Waals surface area contributed by atoms with Gasteiger partial charge in [-0.05, 0) is 43.7 Å². The van der Waals surface area contributed by atoms with Gasteiger partial charge in [-0.3, -0.25) is 9.36 Å². The van der Waals surface area contributed by atoms with Crippen molar-refractivity contribution in [3.63, 3.8) is 0 Å². The normalized spacial score (nSPS) is 11.7. The molecule has 3 rings (SSSR count). The van der Waals surface area contributed by atoms with Crippen LogP contribution in [0, 0.1) is 12.7 Å². The van der Waals surface area contributed by atoms with E-state index in [1.807, 2.05) is 42.7 Å². The highest BCUT2D eigenvalue weighted by molar-refractivity contribution is 7.99. The van der Waals surface area contributed by atoms with Crippen molar-refractivity contribution >= 4 is 23.4 Å². The summed E-state index contributed by atoms with van der Waals surface area (Å²) in [7, 11) is 0. The average molecular weight is 427 g/mol. The highest BCUT2D eigenvalue weighted by atomic mass is 32.2. The largest absolute Gasteiger partial charge is 0.483 e. The summed E-state index contributed by atoms with van der Waals surface area (Å²) in [5.41, 5.74) is 1.25. The van der Waals surface area contributed by atoms with Crippen LogP contribution < -0.4 is 10.1 Å². The number of aryl methyl sites for hydroxylation is 1. The zero-order valence-electron chi connectivity index (χ0n) is 16.8. The minimum atomic E-state index is -0.477. The van der Waals surface area contributed by atoms with E-state index in [1.54, 1.807) is 18.2 Å². The number of carbonyl (C=O) groups is 1. The molecule has 30 heavy (non-hydrogen) atoms. The van der Waals surface area contributed by atoms with E-state index >= 15 is 0 Å². The number of anilines is 1. The fourth-order valence-corrected chi connectivity index (χ4v) is 3.59. The Labute approximate surface area is 179 Å². The van der Waals surface area contributed by atoms with Gasteiger partial charge < -0.3 is 10.1 Å². The van der Waals surface area contributed by atoms with Gasteiger partial charge in [-0.1, -0.05) is 42.1 Å². The highest BCUT2D eigenvalue weighted by Gasteiger charge is 2.20. The summed E-state index contributed by atoms with van der Waals surface area (Å²) in [5.74, 6) is 0.637. The second kappa shape index (κ2) is 10.1. The van der Waals surface area contributed by atoms with E-state index in [9.17, 15) is 9.18 Å². The summed E-state index contributed by atoms with van der Waals surface area (Å²) in [5, 5.41) is 11.6. The Bertz CT molecular complexity index is 1040. The van der Waals surface area contributed by atoms with Crippen molar-refractivity contribution in [2.45, 2.75) is 31.7 Å². The second-order valence-corrected chi connectivity index (χ2v) is 7.58. The Hall–Kier alpha value is -3.13. The molecule has 0 aliphatic rings. The first-order valence-corrected chi connectivity index (χ1v) is 10.4. The summed E-state index contributed by atoms with van der Waals surface area (Å²) in [6, 6.07) is 13.8. The lowest BCUT2D eigenvalue weighted by Gasteiger charge is -2.16. The van der Waals surface area contributed by atoms with Crippen molar-refractivity contribution < 1.29 is 13.9 Å². The van der Waals surface area contributed by atoms with Gasteiger partial charge in [0.1, 0.15) is 11.6 Å². The molecule has 1 aromatic heterocycles. The standard InChI is InChI=1S/C22H23FN4O2S/c1-4-12-27-21(16(3)29-17-9-7-8-15(2)13-17)25-26-22(27)30-14-20(28)24-19-11-6-5-10-18(19)23/h4-11,13,16H,1,12,14H2,2-3H3,(H,24,28). The molecule has 1 amide bonds. The molecule has 0 saturated heterocycles. The van der Waals surface area contributed by atoms with Crippen molar-refractivity contribution in [3.05, 3.63) is 78.4 Å². The summed E-state index contributed by atoms with van der Waals surface area (Å²) in [4.78, 5) is 12.2. The molecule has 6 nitrogen and oxygen atoms in total. The maximum atomic E-state index is 13.7. The lowest BCUT2D eigenvalue weighted by Crippen LogP contribution is -2.16. The number of ether oxygens (including phenoxy) is 1. The van der Waals surface area contributed by atoms with Gasteiger partial charge in [-0.25, -0.2) is 4.39 Å². The van der Waals surface area contributed by atoms with E-state index in [0.29, 0.717) is 17.5 Å². The van der Waals surface area contributed by atoms with Gasteiger partial charge in [-0.15, -0.1) is 16.8 Å². The molecule has 0 aliphatic carbocycles. The smallest absolute Gasteiger partial charge is 0.234 e. The van der Waals surface area contributed by atoms with E-state index in [-0.39, 0.29) is 23.5 Å². The van der Waals surface area contributed by atoms with Crippen molar-refractivity contribution in [1.29, 1.82) is 0 Å². The molecule has 1 N–H and O–H groups in total. The Morgan fingerprint density at radius 2 is 2.10 bits per heavy atom. The molecule has 0 fully saturated rings. The van der Waals surface area contributed by atoms with E-state index in [2.05, 4.69) is 22.1 Å². The molecule has 1 atom stereocenters. The van der Waals surface area contributed by atoms with Gasteiger partial charge in [-0.2, -0.15) is 0 Å². The van der Waals surface area contributed by atoms with Gasteiger partial charge in [0, 0.05) is 6.54 Å². The lowest BCUT2D eigenvalue weighted by atomic mass is 10.2. The Morgan fingerprint density at radius 3 is 2.83 bits per heavy atom. The molecule has 0 saturated carbocycles. The van der Waals surface area contributed by atoms with E-state index in [1.165, 1.54) is 23.9 Å². The summed E-state index contributed by atoms with van der Waals surface area (Å²) in [6.45, 7) is 8.15. The van der Waals surface area contributed by atoms with Crippen LogP contribution >= 0.6 is 11.8 Å². The van der Waals surface area contributed by atoms with Gasteiger partial charge in [0.15, 0.2) is 17.1 Å². The maximum absolute atomic E-state index is 13.7. The number of nitrogens with zero attached hydrogens (tertiary/aromatic N) is 3. The first-order valence-electron chi connectivity index (χ1n) is 9.42. The van der Waals surface area contributed by atoms with Crippen LogP contribution in [0.1, 0.15) is 24.4 Å². The average Bonchev–Trinajstić information content (AvgIpc) is 3.11. The molecule has 1 heterocycles. The number of carbonyl (C=O) groups excluding carboxylic acids is 1. The number of benzene rings is 2. The monoisotopic (exact) mass is 426 g/mol. The van der Waals surface area contributed by atoms with E-state index in [0.717, 1.165) is 11.3 Å². The number of hydrogen-bond donors (Lipinski definition) is 1. The summed E-state index contributed by atoms with van der Waals surface area (Å²) < 4.78 is 21.6. The fourth-order valence-electron chi connectivity index (χ4n) is 2.83. The SMILES string of the molecule is C=CCn1c(SCC(=O)Nc2ccccc2F)nnc1C(C)Oc1cccc(C)c1. The molecule has 156 valence electrons. The third-order valence-corrected chi connectivity index (χ3v) is 5.17.